The number of anilines is 2. The smallest absolute Gasteiger partial charge is 0.229 e. The molecule has 1 heterocycles. The van der Waals surface area contributed by atoms with E-state index < -0.39 is 10.0 Å². The summed E-state index contributed by atoms with van der Waals surface area (Å²) in [6, 6.07) is 10.5. The number of rotatable bonds is 10. The van der Waals surface area contributed by atoms with Gasteiger partial charge in [-0.15, -0.1) is 0 Å². The summed E-state index contributed by atoms with van der Waals surface area (Å²) in [6.45, 7) is 6.35. The van der Waals surface area contributed by atoms with Gasteiger partial charge in [0.05, 0.1) is 17.6 Å². The maximum Gasteiger partial charge on any atom is 0.229 e. The van der Waals surface area contributed by atoms with Gasteiger partial charge in [0.1, 0.15) is 17.3 Å². The SMILES string of the molecule is Cc1ccc(Oc2cc(NS(C)(=O)=O)cc(-c3c(C)noc3C)c2)cc1NC(=O)CCCN(C)C. The second-order valence-corrected chi connectivity index (χ2v) is 10.6. The zero-order valence-electron chi connectivity index (χ0n) is 20.9. The lowest BCUT2D eigenvalue weighted by Crippen LogP contribution is -2.17. The van der Waals surface area contributed by atoms with Crippen molar-refractivity contribution in [2.45, 2.75) is 33.6 Å². The molecule has 10 heteroatoms. The fourth-order valence-corrected chi connectivity index (χ4v) is 4.22. The van der Waals surface area contributed by atoms with Crippen LogP contribution in [0.3, 0.4) is 0 Å². The average molecular weight is 501 g/mol. The number of aromatic nitrogens is 1. The van der Waals surface area contributed by atoms with Crippen LogP contribution in [0.2, 0.25) is 0 Å². The van der Waals surface area contributed by atoms with Crippen molar-refractivity contribution >= 4 is 27.3 Å². The highest BCUT2D eigenvalue weighted by Crippen LogP contribution is 2.35. The third kappa shape index (κ3) is 7.56. The van der Waals surface area contributed by atoms with Gasteiger partial charge in [0.2, 0.25) is 15.9 Å². The van der Waals surface area contributed by atoms with Gasteiger partial charge in [0.15, 0.2) is 0 Å². The Balaban J connectivity index is 1.88. The Morgan fingerprint density at radius 1 is 1.09 bits per heavy atom. The predicted octanol–water partition coefficient (Wildman–Crippen LogP) is 4.71. The van der Waals surface area contributed by atoms with Gasteiger partial charge in [-0.3, -0.25) is 9.52 Å². The van der Waals surface area contributed by atoms with Crippen molar-refractivity contribution in [2.24, 2.45) is 0 Å². The number of sulfonamides is 1. The summed E-state index contributed by atoms with van der Waals surface area (Å²) in [5.41, 5.74) is 4.06. The molecule has 0 radical (unpaired) electrons. The Morgan fingerprint density at radius 3 is 2.46 bits per heavy atom. The molecule has 0 bridgehead atoms. The number of aryl methyl sites for hydroxylation is 3. The molecular weight excluding hydrogens is 468 g/mol. The molecule has 0 unspecified atom stereocenters. The summed E-state index contributed by atoms with van der Waals surface area (Å²) >= 11 is 0. The van der Waals surface area contributed by atoms with E-state index in [2.05, 4.69) is 15.2 Å². The second-order valence-electron chi connectivity index (χ2n) is 8.85. The van der Waals surface area contributed by atoms with E-state index in [4.69, 9.17) is 9.26 Å². The number of hydrogen-bond donors (Lipinski definition) is 2. The molecule has 0 aliphatic heterocycles. The number of carbonyl (C=O) groups excluding carboxylic acids is 1. The third-order valence-electron chi connectivity index (χ3n) is 5.26. The van der Waals surface area contributed by atoms with E-state index in [1.165, 1.54) is 0 Å². The normalized spacial score (nSPS) is 11.5. The Hall–Kier alpha value is -3.37. The molecule has 9 nitrogen and oxygen atoms in total. The lowest BCUT2D eigenvalue weighted by molar-refractivity contribution is -0.116. The molecule has 0 saturated heterocycles. The van der Waals surface area contributed by atoms with Crippen molar-refractivity contribution in [2.75, 3.05) is 36.9 Å². The van der Waals surface area contributed by atoms with Crippen LogP contribution in [0.5, 0.6) is 11.5 Å². The van der Waals surface area contributed by atoms with Gasteiger partial charge >= 0.3 is 0 Å². The molecular formula is C25H32N4O5S. The highest BCUT2D eigenvalue weighted by Gasteiger charge is 2.16. The topological polar surface area (TPSA) is 114 Å². The number of ether oxygens (including phenoxy) is 1. The molecule has 188 valence electrons. The van der Waals surface area contributed by atoms with Gasteiger partial charge in [0, 0.05) is 29.8 Å². The van der Waals surface area contributed by atoms with Crippen LogP contribution in [0.4, 0.5) is 11.4 Å². The summed E-state index contributed by atoms with van der Waals surface area (Å²) in [5, 5.41) is 6.94. The van der Waals surface area contributed by atoms with E-state index in [0.717, 1.165) is 30.3 Å². The lowest BCUT2D eigenvalue weighted by atomic mass is 10.0. The maximum atomic E-state index is 12.4. The van der Waals surface area contributed by atoms with Crippen molar-refractivity contribution in [3.8, 4) is 22.6 Å². The number of amides is 1. The van der Waals surface area contributed by atoms with Crippen molar-refractivity contribution < 1.29 is 22.5 Å². The highest BCUT2D eigenvalue weighted by molar-refractivity contribution is 7.92. The number of carbonyl (C=O) groups is 1. The van der Waals surface area contributed by atoms with Gasteiger partial charge in [-0.25, -0.2) is 8.42 Å². The maximum absolute atomic E-state index is 12.4. The summed E-state index contributed by atoms with van der Waals surface area (Å²) in [4.78, 5) is 14.4. The summed E-state index contributed by atoms with van der Waals surface area (Å²) in [7, 11) is 0.439. The molecule has 0 fully saturated rings. The molecule has 0 aliphatic carbocycles. The first-order chi connectivity index (χ1) is 16.4. The van der Waals surface area contributed by atoms with Crippen LogP contribution < -0.4 is 14.8 Å². The molecule has 3 aromatic rings. The zero-order chi connectivity index (χ0) is 25.8. The van der Waals surface area contributed by atoms with Gasteiger partial charge in [-0.05, 0) is 77.2 Å². The minimum Gasteiger partial charge on any atom is -0.457 e. The van der Waals surface area contributed by atoms with Crippen molar-refractivity contribution in [1.82, 2.24) is 10.1 Å². The summed E-state index contributed by atoms with van der Waals surface area (Å²) in [5.74, 6) is 1.47. The Bertz CT molecular complexity index is 1300. The third-order valence-corrected chi connectivity index (χ3v) is 5.87. The van der Waals surface area contributed by atoms with Crippen LogP contribution in [-0.2, 0) is 14.8 Å². The number of hydrogen-bond acceptors (Lipinski definition) is 7. The predicted molar refractivity (Wildman–Crippen MR) is 138 cm³/mol. The van der Waals surface area contributed by atoms with Crippen LogP contribution in [-0.4, -0.2) is 51.3 Å². The van der Waals surface area contributed by atoms with Crippen LogP contribution in [0.15, 0.2) is 40.9 Å². The lowest BCUT2D eigenvalue weighted by Gasteiger charge is -2.14. The molecule has 3 rings (SSSR count). The molecule has 0 spiro atoms. The zero-order valence-corrected chi connectivity index (χ0v) is 21.7. The summed E-state index contributed by atoms with van der Waals surface area (Å²) < 4.78 is 37.6. The van der Waals surface area contributed by atoms with Gasteiger partial charge in [0.25, 0.3) is 0 Å². The van der Waals surface area contributed by atoms with Gasteiger partial charge in [-0.1, -0.05) is 11.2 Å². The van der Waals surface area contributed by atoms with E-state index in [9.17, 15) is 13.2 Å². The fraction of sp³-hybridized carbons (Fsp3) is 0.360. The molecule has 0 aliphatic rings. The van der Waals surface area contributed by atoms with Crippen LogP contribution in [0.25, 0.3) is 11.1 Å². The molecule has 0 atom stereocenters. The van der Waals surface area contributed by atoms with Crippen LogP contribution >= 0.6 is 0 Å². The molecule has 35 heavy (non-hydrogen) atoms. The van der Waals surface area contributed by atoms with E-state index in [-0.39, 0.29) is 5.91 Å². The molecule has 0 saturated carbocycles. The van der Waals surface area contributed by atoms with Gasteiger partial charge < -0.3 is 19.5 Å². The standard InChI is InChI=1S/C25H32N4O5S/c1-16-9-10-21(15-23(16)26-24(30)8-7-11-29(4)5)33-22-13-19(25-17(2)27-34-18(25)3)12-20(14-22)28-35(6,31)32/h9-10,12-15,28H,7-8,11H2,1-6H3,(H,26,30). The highest BCUT2D eigenvalue weighted by atomic mass is 32.2. The van der Waals surface area contributed by atoms with Crippen LogP contribution in [0.1, 0.15) is 29.9 Å². The minimum absolute atomic E-state index is 0.0628. The first kappa shape index (κ1) is 26.2. The average Bonchev–Trinajstić information content (AvgIpc) is 3.07. The quantitative estimate of drug-likeness (QED) is 0.414. The molecule has 1 aromatic heterocycles. The van der Waals surface area contributed by atoms with E-state index in [1.54, 1.807) is 37.3 Å². The van der Waals surface area contributed by atoms with E-state index >= 15 is 0 Å². The number of nitrogens with one attached hydrogen (secondary N) is 2. The molecule has 1 amide bonds. The molecule has 2 N–H and O–H groups in total. The first-order valence-corrected chi connectivity index (χ1v) is 13.1. The van der Waals surface area contributed by atoms with Crippen molar-refractivity contribution in [3.63, 3.8) is 0 Å². The number of nitrogens with zero attached hydrogens (tertiary/aromatic N) is 2. The Morgan fingerprint density at radius 2 is 1.83 bits per heavy atom. The Labute approximate surface area is 206 Å². The molecule has 2 aromatic carbocycles. The van der Waals surface area contributed by atoms with E-state index in [0.29, 0.717) is 46.3 Å². The van der Waals surface area contributed by atoms with Crippen molar-refractivity contribution in [1.29, 1.82) is 0 Å². The van der Waals surface area contributed by atoms with Gasteiger partial charge in [-0.2, -0.15) is 0 Å². The van der Waals surface area contributed by atoms with E-state index in [1.807, 2.05) is 38.9 Å². The largest absolute Gasteiger partial charge is 0.457 e. The summed E-state index contributed by atoms with van der Waals surface area (Å²) in [6.07, 6.45) is 2.27. The fourth-order valence-electron chi connectivity index (χ4n) is 3.67. The first-order valence-electron chi connectivity index (χ1n) is 11.2. The Kier molecular flexibility index (Phi) is 8.18. The minimum atomic E-state index is -3.51. The van der Waals surface area contributed by atoms with Crippen LogP contribution in [0, 0.1) is 20.8 Å². The number of benzene rings is 2. The monoisotopic (exact) mass is 500 g/mol. The second kappa shape index (κ2) is 10.9. The van der Waals surface area contributed by atoms with Crippen molar-refractivity contribution in [3.05, 3.63) is 53.4 Å².